The second-order valence-corrected chi connectivity index (χ2v) is 7.88. The Hall–Kier alpha value is -3.50. The van der Waals surface area contributed by atoms with Crippen LogP contribution in [0, 0.1) is 11.7 Å². The summed E-state index contributed by atoms with van der Waals surface area (Å²) in [4.78, 5) is 20.0. The molecule has 7 nitrogen and oxygen atoms in total. The monoisotopic (exact) mass is 447 g/mol. The van der Waals surface area contributed by atoms with Gasteiger partial charge in [-0.3, -0.25) is 4.79 Å². The summed E-state index contributed by atoms with van der Waals surface area (Å²) in [5, 5.41) is 8.06. The van der Waals surface area contributed by atoms with Gasteiger partial charge >= 0.3 is 6.18 Å². The number of fused-ring (bicyclic) bond motifs is 2. The maximum atomic E-state index is 14.0. The van der Waals surface area contributed by atoms with Crippen LogP contribution in [0.5, 0.6) is 5.88 Å². The summed E-state index contributed by atoms with van der Waals surface area (Å²) in [6.07, 6.45) is 0.0960. The first-order valence-electron chi connectivity index (χ1n) is 9.97. The molecule has 5 rings (SSSR count). The van der Waals surface area contributed by atoms with Crippen molar-refractivity contribution in [2.75, 3.05) is 6.54 Å². The van der Waals surface area contributed by atoms with E-state index in [4.69, 9.17) is 4.74 Å². The summed E-state index contributed by atoms with van der Waals surface area (Å²) in [5.41, 5.74) is -0.383. The van der Waals surface area contributed by atoms with E-state index in [1.165, 1.54) is 35.4 Å². The molecule has 0 radical (unpaired) electrons. The average Bonchev–Trinajstić information content (AvgIpc) is 3.50. The zero-order valence-corrected chi connectivity index (χ0v) is 16.5. The number of pyridine rings is 1. The Labute approximate surface area is 179 Å². The smallest absolute Gasteiger partial charge is 0.417 e. The number of ether oxygens (including phenoxy) is 1. The molecule has 0 spiro atoms. The number of aromatic nitrogens is 4. The minimum absolute atomic E-state index is 0.0649. The Bertz CT molecular complexity index is 1130. The Balaban J connectivity index is 1.37. The lowest BCUT2D eigenvalue weighted by Crippen LogP contribution is -2.47. The fourth-order valence-corrected chi connectivity index (χ4v) is 4.45. The van der Waals surface area contributed by atoms with Crippen molar-refractivity contribution in [3.63, 3.8) is 0 Å². The molecule has 1 saturated heterocycles. The van der Waals surface area contributed by atoms with Crippen molar-refractivity contribution in [1.29, 1.82) is 0 Å². The van der Waals surface area contributed by atoms with Crippen LogP contribution in [0.4, 0.5) is 17.6 Å². The molecule has 1 saturated carbocycles. The molecule has 32 heavy (non-hydrogen) atoms. The molecule has 1 amide bonds. The lowest BCUT2D eigenvalue weighted by atomic mass is 10.1. The van der Waals surface area contributed by atoms with Crippen LogP contribution in [0.15, 0.2) is 48.9 Å². The Morgan fingerprint density at radius 1 is 1.09 bits per heavy atom. The maximum absolute atomic E-state index is 14.0. The molecule has 2 fully saturated rings. The van der Waals surface area contributed by atoms with E-state index in [0.29, 0.717) is 25.1 Å². The van der Waals surface area contributed by atoms with Crippen LogP contribution in [0.3, 0.4) is 0 Å². The minimum Gasteiger partial charge on any atom is -0.472 e. The molecule has 0 unspecified atom stereocenters. The first kappa shape index (κ1) is 20.4. The van der Waals surface area contributed by atoms with Crippen molar-refractivity contribution in [2.45, 2.75) is 31.2 Å². The predicted octanol–water partition coefficient (Wildman–Crippen LogP) is 3.50. The number of piperidine rings is 1. The lowest BCUT2D eigenvalue weighted by Gasteiger charge is -2.33. The van der Waals surface area contributed by atoms with Crippen LogP contribution < -0.4 is 4.74 Å². The van der Waals surface area contributed by atoms with Gasteiger partial charge < -0.3 is 9.64 Å². The van der Waals surface area contributed by atoms with Crippen molar-refractivity contribution >= 4 is 5.91 Å². The normalized spacial score (nSPS) is 22.4. The molecule has 3 aromatic rings. The number of likely N-dealkylation sites (tertiary alicyclic amines) is 1. The Morgan fingerprint density at radius 3 is 2.53 bits per heavy atom. The third-order valence-electron chi connectivity index (χ3n) is 5.84. The van der Waals surface area contributed by atoms with Gasteiger partial charge in [-0.25, -0.2) is 9.37 Å². The third kappa shape index (κ3) is 3.67. The second-order valence-electron chi connectivity index (χ2n) is 7.88. The molecule has 1 aliphatic carbocycles. The van der Waals surface area contributed by atoms with Crippen LogP contribution in [0.1, 0.15) is 28.8 Å². The number of halogens is 4. The summed E-state index contributed by atoms with van der Waals surface area (Å²) in [5.74, 6) is -0.688. The number of alkyl halides is 3. The van der Waals surface area contributed by atoms with Crippen molar-refractivity contribution < 1.29 is 27.1 Å². The van der Waals surface area contributed by atoms with Crippen LogP contribution in [0.2, 0.25) is 0 Å². The summed E-state index contributed by atoms with van der Waals surface area (Å²) < 4.78 is 58.1. The van der Waals surface area contributed by atoms with Crippen LogP contribution in [0.25, 0.3) is 5.69 Å². The summed E-state index contributed by atoms with van der Waals surface area (Å²) in [6, 6.07) is 5.62. The third-order valence-corrected chi connectivity index (χ3v) is 5.84. The summed E-state index contributed by atoms with van der Waals surface area (Å²) in [6.45, 7) is 0.492. The average molecular weight is 447 g/mol. The first-order chi connectivity index (χ1) is 15.3. The van der Waals surface area contributed by atoms with Crippen molar-refractivity contribution in [1.82, 2.24) is 24.9 Å². The van der Waals surface area contributed by atoms with E-state index in [1.807, 2.05) is 0 Å². The molecule has 3 atom stereocenters. The van der Waals surface area contributed by atoms with Crippen LogP contribution >= 0.6 is 0 Å². The Kier molecular flexibility index (Phi) is 4.83. The van der Waals surface area contributed by atoms with Crippen LogP contribution in [-0.4, -0.2) is 49.5 Å². The molecule has 166 valence electrons. The highest BCUT2D eigenvalue weighted by Gasteiger charge is 2.49. The molecular formula is C21H17F4N5O2. The molecule has 2 aromatic heterocycles. The van der Waals surface area contributed by atoms with Gasteiger partial charge in [0, 0.05) is 18.8 Å². The van der Waals surface area contributed by atoms with Gasteiger partial charge in [0.1, 0.15) is 11.9 Å². The standard InChI is InChI=1S/C21H17F4N5O2/c22-14-2-3-16(30-27-5-6-28-30)15(9-14)20(31)29-11-12-7-17(29)18(8-12)32-19-4-1-13(10-26-19)21(23,24)25/h1-6,9-10,12,17-18H,7-8,11H2/t12-,17+,18-/m1/s1. The van der Waals surface area contributed by atoms with E-state index >= 15 is 0 Å². The van der Waals surface area contributed by atoms with Gasteiger partial charge in [-0.2, -0.15) is 28.2 Å². The fraction of sp³-hybridized carbons (Fsp3) is 0.333. The van der Waals surface area contributed by atoms with Crippen LogP contribution in [-0.2, 0) is 6.18 Å². The first-order valence-corrected chi connectivity index (χ1v) is 9.97. The van der Waals surface area contributed by atoms with E-state index in [0.717, 1.165) is 18.3 Å². The number of hydrogen-bond acceptors (Lipinski definition) is 5. The molecule has 0 N–H and O–H groups in total. The van der Waals surface area contributed by atoms with Gasteiger partial charge in [-0.15, -0.1) is 0 Å². The van der Waals surface area contributed by atoms with Crippen molar-refractivity contribution in [3.05, 3.63) is 65.9 Å². The highest BCUT2D eigenvalue weighted by Crippen LogP contribution is 2.41. The van der Waals surface area contributed by atoms with Crippen molar-refractivity contribution in [2.24, 2.45) is 5.92 Å². The second kappa shape index (κ2) is 7.57. The van der Waals surface area contributed by atoms with E-state index in [-0.39, 0.29) is 29.3 Å². The highest BCUT2D eigenvalue weighted by atomic mass is 19.4. The largest absolute Gasteiger partial charge is 0.472 e. The summed E-state index contributed by atoms with van der Waals surface area (Å²) in [7, 11) is 0. The number of rotatable bonds is 4. The lowest BCUT2D eigenvalue weighted by molar-refractivity contribution is -0.137. The SMILES string of the molecule is O=C(c1cc(F)ccc1-n1nccn1)N1C[C@H]2C[C@@H](Oc3ccc(C(F)(F)F)cn3)[C@@H]1C2. The predicted molar refractivity (Wildman–Crippen MR) is 103 cm³/mol. The number of hydrogen-bond donors (Lipinski definition) is 0. The van der Waals surface area contributed by atoms with Gasteiger partial charge in [0.2, 0.25) is 5.88 Å². The van der Waals surface area contributed by atoms with Gasteiger partial charge in [-0.1, -0.05) is 0 Å². The topological polar surface area (TPSA) is 73.1 Å². The minimum atomic E-state index is -4.48. The number of benzene rings is 1. The fourth-order valence-electron chi connectivity index (χ4n) is 4.45. The molecular weight excluding hydrogens is 430 g/mol. The van der Waals surface area contributed by atoms with E-state index in [9.17, 15) is 22.4 Å². The van der Waals surface area contributed by atoms with E-state index in [2.05, 4.69) is 15.2 Å². The highest BCUT2D eigenvalue weighted by molar-refractivity contribution is 5.98. The molecule has 3 heterocycles. The maximum Gasteiger partial charge on any atom is 0.417 e. The zero-order chi connectivity index (χ0) is 22.5. The zero-order valence-electron chi connectivity index (χ0n) is 16.5. The molecule has 1 aromatic carbocycles. The molecule has 2 bridgehead atoms. The van der Waals surface area contributed by atoms with Gasteiger partial charge in [0.15, 0.2) is 0 Å². The van der Waals surface area contributed by atoms with Gasteiger partial charge in [-0.05, 0) is 43.0 Å². The number of carbonyl (C=O) groups excluding carboxylic acids is 1. The van der Waals surface area contributed by atoms with E-state index < -0.39 is 23.7 Å². The number of carbonyl (C=O) groups is 1. The molecule has 1 aliphatic heterocycles. The van der Waals surface area contributed by atoms with Gasteiger partial charge in [0.05, 0.1) is 35.2 Å². The summed E-state index contributed by atoms with van der Waals surface area (Å²) >= 11 is 0. The Morgan fingerprint density at radius 2 is 1.88 bits per heavy atom. The molecule has 2 aliphatic rings. The van der Waals surface area contributed by atoms with Crippen molar-refractivity contribution in [3.8, 4) is 11.6 Å². The number of nitrogens with zero attached hydrogens (tertiary/aromatic N) is 5. The molecule has 11 heteroatoms. The van der Waals surface area contributed by atoms with Gasteiger partial charge in [0.25, 0.3) is 5.91 Å². The number of amides is 1. The van der Waals surface area contributed by atoms with E-state index in [1.54, 1.807) is 4.90 Å². The quantitative estimate of drug-likeness (QED) is 0.573.